The molecule has 0 saturated carbocycles. The van der Waals surface area contributed by atoms with Crippen LogP contribution in [0.2, 0.25) is 0 Å². The number of methoxy groups -OCH3 is 1. The summed E-state index contributed by atoms with van der Waals surface area (Å²) in [5.41, 5.74) is -2.71. The van der Waals surface area contributed by atoms with Crippen molar-refractivity contribution in [2.45, 2.75) is 19.0 Å². The molecular weight excluding hydrogens is 641 g/mol. The summed E-state index contributed by atoms with van der Waals surface area (Å²) in [7, 11) is 5.04. The topological polar surface area (TPSA) is 104 Å². The first-order valence-electron chi connectivity index (χ1n) is 13.5. The Morgan fingerprint density at radius 2 is 1.62 bits per heavy atom. The normalized spacial score (nSPS) is 11.6. The first-order valence-corrected chi connectivity index (χ1v) is 13.5. The summed E-state index contributed by atoms with van der Waals surface area (Å²) >= 11 is 0. The van der Waals surface area contributed by atoms with Gasteiger partial charge in [-0.2, -0.15) is 31.4 Å². The van der Waals surface area contributed by atoms with Crippen molar-refractivity contribution in [3.63, 3.8) is 0 Å². The predicted molar refractivity (Wildman–Crippen MR) is 157 cm³/mol. The standard InChI is InChI=1S/C30H27F7N6O4/c1-41(13-26(45)43(3)20-7-5-18(6-8-20)29(32,33)34)23-12-19(30(35,36)37)11-21(27(23)42(2)16-44)17-9-22(31)28(24(10-17)46-4)47-14-25-38-15-39-40-25/h5-12,15-16H,13-14H2,1-4H3,(H,38,39,40). The third-order valence-electron chi connectivity index (χ3n) is 7.03. The third-order valence-corrected chi connectivity index (χ3v) is 7.03. The molecule has 17 heteroatoms. The van der Waals surface area contributed by atoms with E-state index in [0.29, 0.717) is 6.41 Å². The Labute approximate surface area is 263 Å². The second-order valence-corrected chi connectivity index (χ2v) is 10.2. The van der Waals surface area contributed by atoms with Gasteiger partial charge in [-0.3, -0.25) is 14.7 Å². The fraction of sp³-hybridized carbons (Fsp3) is 0.267. The van der Waals surface area contributed by atoms with Crippen molar-refractivity contribution in [3.8, 4) is 22.6 Å². The van der Waals surface area contributed by atoms with Crippen LogP contribution in [0.15, 0.2) is 54.9 Å². The van der Waals surface area contributed by atoms with Gasteiger partial charge in [-0.25, -0.2) is 9.37 Å². The van der Waals surface area contributed by atoms with Crippen molar-refractivity contribution in [2.24, 2.45) is 0 Å². The molecule has 4 aromatic rings. The Bertz CT molecular complexity index is 1730. The number of halogens is 7. The SMILES string of the molecule is COc1cc(-c2cc(C(F)(F)F)cc(N(C)CC(=O)N(C)c3ccc(C(F)(F)F)cc3)c2N(C)C=O)cc(F)c1OCc1ncn[nH]1. The number of hydrogen-bond acceptors (Lipinski definition) is 7. The van der Waals surface area contributed by atoms with E-state index in [4.69, 9.17) is 9.47 Å². The van der Waals surface area contributed by atoms with Gasteiger partial charge in [0, 0.05) is 32.4 Å². The second-order valence-electron chi connectivity index (χ2n) is 10.2. The quantitative estimate of drug-likeness (QED) is 0.156. The zero-order chi connectivity index (χ0) is 34.7. The Kier molecular flexibility index (Phi) is 9.96. The maximum absolute atomic E-state index is 15.5. The number of amides is 2. The summed E-state index contributed by atoms with van der Waals surface area (Å²) in [6, 6.07) is 7.32. The highest BCUT2D eigenvalue weighted by Gasteiger charge is 2.35. The first-order chi connectivity index (χ1) is 22.0. The van der Waals surface area contributed by atoms with Crippen molar-refractivity contribution in [3.05, 3.63) is 77.6 Å². The molecule has 0 unspecified atom stereocenters. The van der Waals surface area contributed by atoms with E-state index in [0.717, 1.165) is 57.2 Å². The molecule has 0 radical (unpaired) electrons. The smallest absolute Gasteiger partial charge is 0.416 e. The first kappa shape index (κ1) is 34.5. The van der Waals surface area contributed by atoms with Crippen LogP contribution >= 0.6 is 0 Å². The highest BCUT2D eigenvalue weighted by molar-refractivity contribution is 5.99. The summed E-state index contributed by atoms with van der Waals surface area (Å²) in [5, 5.41) is 6.20. The molecule has 0 spiro atoms. The number of carbonyl (C=O) groups is 2. The number of aromatic amines is 1. The van der Waals surface area contributed by atoms with Crippen molar-refractivity contribution < 1.29 is 49.8 Å². The van der Waals surface area contributed by atoms with Crippen LogP contribution in [-0.2, 0) is 28.5 Å². The molecule has 0 saturated heterocycles. The van der Waals surface area contributed by atoms with Crippen LogP contribution in [0.25, 0.3) is 11.1 Å². The lowest BCUT2D eigenvalue weighted by Gasteiger charge is -2.30. The molecule has 1 N–H and O–H groups in total. The molecule has 3 aromatic carbocycles. The number of rotatable bonds is 11. The summed E-state index contributed by atoms with van der Waals surface area (Å²) in [4.78, 5) is 32.2. The Morgan fingerprint density at radius 1 is 0.957 bits per heavy atom. The fourth-order valence-electron chi connectivity index (χ4n) is 4.59. The van der Waals surface area contributed by atoms with Gasteiger partial charge >= 0.3 is 12.4 Å². The average Bonchev–Trinajstić information content (AvgIpc) is 3.55. The predicted octanol–water partition coefficient (Wildman–Crippen LogP) is 5.93. The average molecular weight is 669 g/mol. The molecule has 47 heavy (non-hydrogen) atoms. The maximum atomic E-state index is 15.5. The monoisotopic (exact) mass is 668 g/mol. The lowest BCUT2D eigenvalue weighted by Crippen LogP contribution is -2.37. The molecule has 0 aliphatic rings. The Hall–Kier alpha value is -5.35. The lowest BCUT2D eigenvalue weighted by atomic mass is 9.97. The van der Waals surface area contributed by atoms with Crippen LogP contribution in [0.1, 0.15) is 17.0 Å². The van der Waals surface area contributed by atoms with Gasteiger partial charge in [-0.05, 0) is 54.1 Å². The van der Waals surface area contributed by atoms with E-state index in [1.165, 1.54) is 40.6 Å². The number of benzene rings is 3. The van der Waals surface area contributed by atoms with E-state index in [-0.39, 0.29) is 52.1 Å². The second kappa shape index (κ2) is 13.6. The molecule has 2 amide bonds. The number of ether oxygens (including phenoxy) is 2. The summed E-state index contributed by atoms with van der Waals surface area (Å²) in [6.07, 6.45) is -7.97. The van der Waals surface area contributed by atoms with E-state index in [1.807, 2.05) is 0 Å². The van der Waals surface area contributed by atoms with Gasteiger partial charge in [0.05, 0.1) is 36.2 Å². The van der Waals surface area contributed by atoms with Gasteiger partial charge in [-0.15, -0.1) is 0 Å². The fourth-order valence-corrected chi connectivity index (χ4v) is 4.59. The molecule has 0 aliphatic carbocycles. The summed E-state index contributed by atoms with van der Waals surface area (Å²) in [5.74, 6) is -1.99. The van der Waals surface area contributed by atoms with Crippen LogP contribution in [0.3, 0.4) is 0 Å². The van der Waals surface area contributed by atoms with Gasteiger partial charge in [-0.1, -0.05) is 0 Å². The molecule has 0 bridgehead atoms. The lowest BCUT2D eigenvalue weighted by molar-refractivity contribution is -0.138. The molecule has 0 aliphatic heterocycles. The maximum Gasteiger partial charge on any atom is 0.416 e. The molecule has 4 rings (SSSR count). The van der Waals surface area contributed by atoms with E-state index >= 15 is 4.39 Å². The molecular formula is C30H27F7N6O4. The number of anilines is 3. The van der Waals surface area contributed by atoms with E-state index in [9.17, 15) is 35.9 Å². The van der Waals surface area contributed by atoms with Crippen LogP contribution in [0.5, 0.6) is 11.5 Å². The van der Waals surface area contributed by atoms with Crippen molar-refractivity contribution in [1.82, 2.24) is 15.2 Å². The number of likely N-dealkylation sites (N-methyl/N-ethyl adjacent to an activating group) is 2. The third kappa shape index (κ3) is 7.73. The molecule has 0 fully saturated rings. The van der Waals surface area contributed by atoms with Crippen LogP contribution in [0, 0.1) is 5.82 Å². The Balaban J connectivity index is 1.77. The summed E-state index contributed by atoms with van der Waals surface area (Å²) < 4.78 is 108. The Morgan fingerprint density at radius 3 is 2.17 bits per heavy atom. The van der Waals surface area contributed by atoms with Crippen molar-refractivity contribution >= 4 is 29.4 Å². The van der Waals surface area contributed by atoms with E-state index in [1.54, 1.807) is 0 Å². The number of H-pyrrole nitrogens is 1. The molecule has 10 nitrogen and oxygen atoms in total. The number of nitrogens with zero attached hydrogens (tertiary/aromatic N) is 5. The van der Waals surface area contributed by atoms with Crippen molar-refractivity contribution in [1.29, 1.82) is 0 Å². The van der Waals surface area contributed by atoms with Crippen LogP contribution < -0.4 is 24.2 Å². The zero-order valence-corrected chi connectivity index (χ0v) is 25.2. The van der Waals surface area contributed by atoms with Crippen LogP contribution in [0.4, 0.5) is 47.8 Å². The van der Waals surface area contributed by atoms with E-state index in [2.05, 4.69) is 15.2 Å². The minimum atomic E-state index is -4.91. The van der Waals surface area contributed by atoms with Crippen LogP contribution in [-0.4, -0.2) is 62.3 Å². The largest absolute Gasteiger partial charge is 0.493 e. The van der Waals surface area contributed by atoms with Crippen molar-refractivity contribution in [2.75, 3.05) is 49.5 Å². The van der Waals surface area contributed by atoms with E-state index < -0.39 is 41.7 Å². The molecule has 250 valence electrons. The highest BCUT2D eigenvalue weighted by atomic mass is 19.4. The van der Waals surface area contributed by atoms with Gasteiger partial charge in [0.2, 0.25) is 12.3 Å². The zero-order valence-electron chi connectivity index (χ0n) is 25.2. The minimum Gasteiger partial charge on any atom is -0.493 e. The van der Waals surface area contributed by atoms with Gasteiger partial charge in [0.1, 0.15) is 12.9 Å². The van der Waals surface area contributed by atoms with Gasteiger partial charge in [0.15, 0.2) is 23.1 Å². The number of nitrogens with one attached hydrogen (secondary N) is 1. The molecule has 1 aromatic heterocycles. The highest BCUT2D eigenvalue weighted by Crippen LogP contribution is 2.46. The summed E-state index contributed by atoms with van der Waals surface area (Å²) in [6.45, 7) is -0.802. The van der Waals surface area contributed by atoms with Gasteiger partial charge < -0.3 is 24.2 Å². The number of alkyl halides is 6. The van der Waals surface area contributed by atoms with Gasteiger partial charge in [0.25, 0.3) is 0 Å². The number of hydrogen-bond donors (Lipinski definition) is 1. The molecule has 1 heterocycles. The number of aromatic nitrogens is 3. The number of carbonyl (C=O) groups excluding carboxylic acids is 2. The minimum absolute atomic E-state index is 0.0968. The molecule has 0 atom stereocenters.